The minimum atomic E-state index is -0.220. The van der Waals surface area contributed by atoms with Crippen LogP contribution in [0.15, 0.2) is 36.5 Å². The second kappa shape index (κ2) is 4.75. The molecule has 1 aromatic carbocycles. The maximum atomic E-state index is 13.2. The Morgan fingerprint density at radius 3 is 3.00 bits per heavy atom. The molecule has 19 heavy (non-hydrogen) atoms. The first-order valence-corrected chi connectivity index (χ1v) is 6.97. The van der Waals surface area contributed by atoms with Gasteiger partial charge in [0.15, 0.2) is 0 Å². The molecule has 0 amide bonds. The Morgan fingerprint density at radius 2 is 2.21 bits per heavy atom. The van der Waals surface area contributed by atoms with Gasteiger partial charge < -0.3 is 5.73 Å². The first-order chi connectivity index (χ1) is 9.19. The second-order valence-corrected chi connectivity index (χ2v) is 5.50. The summed E-state index contributed by atoms with van der Waals surface area (Å²) in [6, 6.07) is 8.54. The molecule has 0 aliphatic rings. The topological polar surface area (TPSA) is 43.8 Å². The number of aromatic nitrogens is 2. The van der Waals surface area contributed by atoms with E-state index in [1.165, 1.54) is 17.4 Å². The summed E-state index contributed by atoms with van der Waals surface area (Å²) >= 11 is 1.53. The van der Waals surface area contributed by atoms with Gasteiger partial charge in [-0.05, 0) is 36.6 Å². The van der Waals surface area contributed by atoms with Crippen LogP contribution >= 0.6 is 11.3 Å². The highest BCUT2D eigenvalue weighted by Crippen LogP contribution is 2.32. The van der Waals surface area contributed by atoms with Gasteiger partial charge in [-0.25, -0.2) is 4.39 Å². The van der Waals surface area contributed by atoms with Crippen LogP contribution in [0.1, 0.15) is 23.5 Å². The third-order valence-electron chi connectivity index (χ3n) is 3.18. The van der Waals surface area contributed by atoms with Crippen molar-refractivity contribution in [2.75, 3.05) is 0 Å². The number of benzene rings is 1. The Balaban J connectivity index is 2.04. The van der Waals surface area contributed by atoms with E-state index in [-0.39, 0.29) is 11.9 Å². The van der Waals surface area contributed by atoms with Gasteiger partial charge in [0.2, 0.25) is 0 Å². The lowest BCUT2D eigenvalue weighted by atomic mass is 10.1. The van der Waals surface area contributed by atoms with Crippen LogP contribution in [-0.2, 0) is 6.54 Å². The number of fused-ring (bicyclic) bond motifs is 1. The van der Waals surface area contributed by atoms with Crippen LogP contribution < -0.4 is 5.73 Å². The van der Waals surface area contributed by atoms with Crippen molar-refractivity contribution in [2.45, 2.75) is 19.5 Å². The normalized spacial score (nSPS) is 13.0. The van der Waals surface area contributed by atoms with E-state index >= 15 is 0 Å². The Hall–Kier alpha value is -1.72. The molecule has 3 nitrogen and oxygen atoms in total. The Labute approximate surface area is 114 Å². The number of nitrogens with zero attached hydrogens (tertiary/aromatic N) is 2. The van der Waals surface area contributed by atoms with Crippen LogP contribution in [0.25, 0.3) is 10.1 Å². The fraction of sp³-hybridized carbons (Fsp3) is 0.214. The van der Waals surface area contributed by atoms with E-state index in [1.807, 2.05) is 23.7 Å². The third-order valence-corrected chi connectivity index (χ3v) is 4.36. The molecule has 2 heterocycles. The number of halogens is 1. The maximum Gasteiger partial charge on any atom is 0.124 e. The molecule has 5 heteroatoms. The Morgan fingerprint density at radius 1 is 1.37 bits per heavy atom. The summed E-state index contributed by atoms with van der Waals surface area (Å²) in [4.78, 5) is 1.02. The monoisotopic (exact) mass is 275 g/mol. The molecule has 0 bridgehead atoms. The van der Waals surface area contributed by atoms with E-state index in [4.69, 9.17) is 5.73 Å². The largest absolute Gasteiger partial charge is 0.318 e. The highest BCUT2D eigenvalue weighted by molar-refractivity contribution is 7.19. The summed E-state index contributed by atoms with van der Waals surface area (Å²) in [5.41, 5.74) is 7.28. The lowest BCUT2D eigenvalue weighted by molar-refractivity contribution is 0.603. The van der Waals surface area contributed by atoms with Crippen LogP contribution in [0.2, 0.25) is 0 Å². The van der Waals surface area contributed by atoms with E-state index in [2.05, 4.69) is 5.10 Å². The maximum absolute atomic E-state index is 13.2. The van der Waals surface area contributed by atoms with Crippen molar-refractivity contribution < 1.29 is 4.39 Å². The lowest BCUT2D eigenvalue weighted by Gasteiger charge is -2.11. The molecule has 2 aromatic heterocycles. The number of nitrogens with two attached hydrogens (primary N) is 1. The molecule has 0 aliphatic carbocycles. The van der Waals surface area contributed by atoms with Crippen LogP contribution in [-0.4, -0.2) is 9.78 Å². The summed E-state index contributed by atoms with van der Waals surface area (Å²) in [5.74, 6) is -0.215. The van der Waals surface area contributed by atoms with Gasteiger partial charge in [0.25, 0.3) is 0 Å². The summed E-state index contributed by atoms with van der Waals surface area (Å²) in [6.07, 6.45) is 1.76. The minimum Gasteiger partial charge on any atom is -0.318 e. The quantitative estimate of drug-likeness (QED) is 0.797. The van der Waals surface area contributed by atoms with E-state index < -0.39 is 0 Å². The fourth-order valence-corrected chi connectivity index (χ4v) is 3.30. The first-order valence-electron chi connectivity index (χ1n) is 6.15. The van der Waals surface area contributed by atoms with Gasteiger partial charge in [-0.1, -0.05) is 6.07 Å². The van der Waals surface area contributed by atoms with Crippen molar-refractivity contribution in [1.82, 2.24) is 9.78 Å². The van der Waals surface area contributed by atoms with Gasteiger partial charge in [-0.15, -0.1) is 11.3 Å². The molecule has 0 saturated heterocycles. The minimum absolute atomic E-state index is 0.215. The average Bonchev–Trinajstić information content (AvgIpc) is 3.03. The molecule has 0 fully saturated rings. The highest BCUT2D eigenvalue weighted by Gasteiger charge is 2.16. The van der Waals surface area contributed by atoms with Crippen LogP contribution in [0.4, 0.5) is 4.39 Å². The average molecular weight is 275 g/mol. The number of hydrogen-bond acceptors (Lipinski definition) is 3. The number of thiophene rings is 1. The molecule has 1 atom stereocenters. The summed E-state index contributed by atoms with van der Waals surface area (Å²) in [6.45, 7) is 2.82. The van der Waals surface area contributed by atoms with Crippen molar-refractivity contribution in [3.63, 3.8) is 0 Å². The predicted molar refractivity (Wildman–Crippen MR) is 75.7 cm³/mol. The molecular formula is C14H14FN3S. The molecule has 98 valence electrons. The number of rotatable bonds is 3. The van der Waals surface area contributed by atoms with Crippen molar-refractivity contribution in [3.05, 3.63) is 52.9 Å². The predicted octanol–water partition coefficient (Wildman–Crippen LogP) is 3.30. The fourth-order valence-electron chi connectivity index (χ4n) is 2.20. The molecule has 0 radical (unpaired) electrons. The Bertz CT molecular complexity index is 716. The van der Waals surface area contributed by atoms with Gasteiger partial charge in [0.1, 0.15) is 5.82 Å². The summed E-state index contributed by atoms with van der Waals surface area (Å²) in [7, 11) is 0. The smallest absolute Gasteiger partial charge is 0.124 e. The highest BCUT2D eigenvalue weighted by atomic mass is 32.1. The van der Waals surface area contributed by atoms with E-state index in [1.54, 1.807) is 18.3 Å². The van der Waals surface area contributed by atoms with Gasteiger partial charge >= 0.3 is 0 Å². The standard InChI is InChI=1S/C14H14FN3S/c1-2-18-11(5-6-17-18)14(16)13-7-9-3-4-10(15)8-12(9)19-13/h3-8,14H,2,16H2,1H3. The molecule has 1 unspecified atom stereocenters. The van der Waals surface area contributed by atoms with Crippen molar-refractivity contribution >= 4 is 21.4 Å². The second-order valence-electron chi connectivity index (χ2n) is 4.38. The van der Waals surface area contributed by atoms with Crippen LogP contribution in [0.3, 0.4) is 0 Å². The van der Waals surface area contributed by atoms with Crippen LogP contribution in [0, 0.1) is 5.82 Å². The van der Waals surface area contributed by atoms with Gasteiger partial charge in [-0.3, -0.25) is 4.68 Å². The molecule has 0 aliphatic heterocycles. The number of aryl methyl sites for hydroxylation is 1. The van der Waals surface area contributed by atoms with Crippen LogP contribution in [0.5, 0.6) is 0 Å². The summed E-state index contributed by atoms with van der Waals surface area (Å²) in [5, 5.41) is 5.26. The lowest BCUT2D eigenvalue weighted by Crippen LogP contribution is -2.15. The molecule has 3 aromatic rings. The van der Waals surface area contributed by atoms with Gasteiger partial charge in [0, 0.05) is 22.3 Å². The zero-order valence-electron chi connectivity index (χ0n) is 10.5. The van der Waals surface area contributed by atoms with Crippen molar-refractivity contribution in [3.8, 4) is 0 Å². The molecule has 2 N–H and O–H groups in total. The summed E-state index contributed by atoms with van der Waals surface area (Å²) < 4.78 is 16.0. The zero-order chi connectivity index (χ0) is 13.4. The molecular weight excluding hydrogens is 261 g/mol. The molecule has 3 rings (SSSR count). The molecule has 0 spiro atoms. The third kappa shape index (κ3) is 2.15. The molecule has 0 saturated carbocycles. The zero-order valence-corrected chi connectivity index (χ0v) is 11.3. The van der Waals surface area contributed by atoms with E-state index in [0.29, 0.717) is 0 Å². The number of hydrogen-bond donors (Lipinski definition) is 1. The first kappa shape index (κ1) is 12.3. The van der Waals surface area contributed by atoms with Gasteiger partial charge in [0.05, 0.1) is 11.7 Å². The van der Waals surface area contributed by atoms with Gasteiger partial charge in [-0.2, -0.15) is 5.10 Å². The van der Waals surface area contributed by atoms with Crippen molar-refractivity contribution in [2.24, 2.45) is 5.73 Å². The Kier molecular flexibility index (Phi) is 3.08. The van der Waals surface area contributed by atoms with Crippen molar-refractivity contribution in [1.29, 1.82) is 0 Å². The van der Waals surface area contributed by atoms with E-state index in [0.717, 1.165) is 27.2 Å². The SMILES string of the molecule is CCn1nccc1C(N)c1cc2ccc(F)cc2s1. The van der Waals surface area contributed by atoms with E-state index in [9.17, 15) is 4.39 Å².